The molecular weight excluding hydrogens is 262 g/mol. The van der Waals surface area contributed by atoms with Gasteiger partial charge in [-0.2, -0.15) is 0 Å². The van der Waals surface area contributed by atoms with E-state index >= 15 is 0 Å². The maximum atomic E-state index is 5.95. The van der Waals surface area contributed by atoms with Crippen LogP contribution in [-0.2, 0) is 6.42 Å². The van der Waals surface area contributed by atoms with E-state index in [4.69, 9.17) is 9.47 Å². The second-order valence-corrected chi connectivity index (χ2v) is 5.57. The maximum absolute atomic E-state index is 5.95. The molecule has 0 N–H and O–H groups in total. The number of rotatable bonds is 8. The number of ether oxygens (including phenoxy) is 2. The largest absolute Gasteiger partial charge is 0.497 e. The first kappa shape index (κ1) is 15.9. The molecule has 0 aliphatic carbocycles. The topological polar surface area (TPSA) is 21.7 Å². The highest BCUT2D eigenvalue weighted by atomic mass is 16.5. The van der Waals surface area contributed by atoms with Crippen LogP contribution in [0.15, 0.2) is 30.9 Å². The second-order valence-electron chi connectivity index (χ2n) is 5.57. The van der Waals surface area contributed by atoms with E-state index in [9.17, 15) is 0 Å². The summed E-state index contributed by atoms with van der Waals surface area (Å²) in [5, 5.41) is 0. The van der Waals surface area contributed by atoms with E-state index in [0.29, 0.717) is 0 Å². The fourth-order valence-corrected chi connectivity index (χ4v) is 2.79. The minimum absolute atomic E-state index is 0.771. The lowest BCUT2D eigenvalue weighted by molar-refractivity contribution is 0.204. The Balaban J connectivity index is 1.80. The standard InChI is InChI=1S/C18H27NO2/c1-3-8-16-15-17(20-2)9-10-18(16)21-14-7-13-19-11-5-4-6-12-19/h3,9-10,15H,1,4-8,11-14H2,2H3. The van der Waals surface area contributed by atoms with Crippen molar-refractivity contribution < 1.29 is 9.47 Å². The molecule has 1 aromatic carbocycles. The fraction of sp³-hybridized carbons (Fsp3) is 0.556. The third-order valence-corrected chi connectivity index (χ3v) is 3.96. The molecule has 116 valence electrons. The Kier molecular flexibility index (Phi) is 6.61. The third kappa shape index (κ3) is 5.09. The second kappa shape index (κ2) is 8.73. The first-order valence-corrected chi connectivity index (χ1v) is 7.96. The van der Waals surface area contributed by atoms with E-state index in [1.54, 1.807) is 7.11 Å². The summed E-state index contributed by atoms with van der Waals surface area (Å²) in [5.41, 5.74) is 1.14. The Bertz CT molecular complexity index is 439. The Morgan fingerprint density at radius 3 is 2.76 bits per heavy atom. The van der Waals surface area contributed by atoms with Crippen LogP contribution in [0.3, 0.4) is 0 Å². The van der Waals surface area contributed by atoms with Crippen LogP contribution in [0, 0.1) is 0 Å². The first-order valence-electron chi connectivity index (χ1n) is 7.96. The van der Waals surface area contributed by atoms with E-state index in [1.165, 1.54) is 32.4 Å². The molecule has 0 amide bonds. The van der Waals surface area contributed by atoms with Crippen LogP contribution in [-0.4, -0.2) is 38.3 Å². The first-order chi connectivity index (χ1) is 10.3. The average Bonchev–Trinajstić information content (AvgIpc) is 2.54. The molecule has 0 bridgehead atoms. The van der Waals surface area contributed by atoms with Gasteiger partial charge in [-0.3, -0.25) is 0 Å². The molecule has 1 saturated heterocycles. The van der Waals surface area contributed by atoms with Gasteiger partial charge in [-0.05, 0) is 57.0 Å². The minimum Gasteiger partial charge on any atom is -0.497 e. The molecule has 1 aliphatic heterocycles. The van der Waals surface area contributed by atoms with Crippen molar-refractivity contribution in [2.24, 2.45) is 0 Å². The lowest BCUT2D eigenvalue weighted by Crippen LogP contribution is -2.31. The average molecular weight is 289 g/mol. The minimum atomic E-state index is 0.771. The predicted octanol–water partition coefficient (Wildman–Crippen LogP) is 3.68. The molecular formula is C18H27NO2. The molecule has 0 unspecified atom stereocenters. The van der Waals surface area contributed by atoms with Gasteiger partial charge in [-0.25, -0.2) is 0 Å². The number of piperidine rings is 1. The number of benzene rings is 1. The Morgan fingerprint density at radius 1 is 1.24 bits per heavy atom. The van der Waals surface area contributed by atoms with E-state index < -0.39 is 0 Å². The van der Waals surface area contributed by atoms with Crippen LogP contribution < -0.4 is 9.47 Å². The molecule has 0 radical (unpaired) electrons. The summed E-state index contributed by atoms with van der Waals surface area (Å²) in [5.74, 6) is 1.82. The zero-order valence-electron chi connectivity index (χ0n) is 13.1. The molecule has 3 nitrogen and oxygen atoms in total. The van der Waals surface area contributed by atoms with Gasteiger partial charge in [-0.15, -0.1) is 6.58 Å². The van der Waals surface area contributed by atoms with E-state index in [-0.39, 0.29) is 0 Å². The van der Waals surface area contributed by atoms with Crippen molar-refractivity contribution >= 4 is 0 Å². The van der Waals surface area contributed by atoms with Gasteiger partial charge in [0, 0.05) is 12.1 Å². The summed E-state index contributed by atoms with van der Waals surface area (Å²) < 4.78 is 11.2. The van der Waals surface area contributed by atoms with Crippen LogP contribution in [0.25, 0.3) is 0 Å². The van der Waals surface area contributed by atoms with Gasteiger partial charge in [-0.1, -0.05) is 12.5 Å². The Labute approximate surface area is 128 Å². The summed E-state index contributed by atoms with van der Waals surface area (Å²) in [6, 6.07) is 5.98. The highest BCUT2D eigenvalue weighted by Crippen LogP contribution is 2.25. The molecule has 3 heteroatoms. The number of allylic oxidation sites excluding steroid dienone is 1. The molecule has 0 atom stereocenters. The normalized spacial score (nSPS) is 15.7. The Hall–Kier alpha value is -1.48. The van der Waals surface area contributed by atoms with Crippen molar-refractivity contribution in [3.63, 3.8) is 0 Å². The highest BCUT2D eigenvalue weighted by molar-refractivity contribution is 5.41. The molecule has 1 aromatic rings. The number of methoxy groups -OCH3 is 1. The van der Waals surface area contributed by atoms with Gasteiger partial charge in [0.1, 0.15) is 11.5 Å². The summed E-state index contributed by atoms with van der Waals surface area (Å²) >= 11 is 0. The van der Waals surface area contributed by atoms with Crippen LogP contribution in [0.1, 0.15) is 31.2 Å². The molecule has 1 fully saturated rings. The zero-order valence-corrected chi connectivity index (χ0v) is 13.1. The van der Waals surface area contributed by atoms with Crippen LogP contribution in [0.2, 0.25) is 0 Å². The summed E-state index contributed by atoms with van der Waals surface area (Å²) in [7, 11) is 1.69. The maximum Gasteiger partial charge on any atom is 0.123 e. The third-order valence-electron chi connectivity index (χ3n) is 3.96. The number of likely N-dealkylation sites (tertiary alicyclic amines) is 1. The van der Waals surface area contributed by atoms with Gasteiger partial charge in [0.2, 0.25) is 0 Å². The molecule has 1 aliphatic rings. The van der Waals surface area contributed by atoms with Gasteiger partial charge in [0.25, 0.3) is 0 Å². The van der Waals surface area contributed by atoms with Crippen LogP contribution in [0.4, 0.5) is 0 Å². The smallest absolute Gasteiger partial charge is 0.123 e. The van der Waals surface area contributed by atoms with Crippen molar-refractivity contribution in [3.8, 4) is 11.5 Å². The SMILES string of the molecule is C=CCc1cc(OC)ccc1OCCCN1CCCCC1. The van der Waals surface area contributed by atoms with Gasteiger partial charge in [0.15, 0.2) is 0 Å². The lowest BCUT2D eigenvalue weighted by atomic mass is 10.1. The molecule has 0 aromatic heterocycles. The number of nitrogens with zero attached hydrogens (tertiary/aromatic N) is 1. The van der Waals surface area contributed by atoms with Gasteiger partial charge < -0.3 is 14.4 Å². The van der Waals surface area contributed by atoms with Crippen molar-refractivity contribution in [3.05, 3.63) is 36.4 Å². The van der Waals surface area contributed by atoms with Crippen molar-refractivity contribution in [2.75, 3.05) is 33.4 Å². The van der Waals surface area contributed by atoms with E-state index in [0.717, 1.165) is 43.1 Å². The fourth-order valence-electron chi connectivity index (χ4n) is 2.79. The Morgan fingerprint density at radius 2 is 2.05 bits per heavy atom. The summed E-state index contributed by atoms with van der Waals surface area (Å²) in [6.07, 6.45) is 7.88. The van der Waals surface area contributed by atoms with Crippen molar-refractivity contribution in [1.82, 2.24) is 4.90 Å². The highest BCUT2D eigenvalue weighted by Gasteiger charge is 2.09. The van der Waals surface area contributed by atoms with Crippen LogP contribution in [0.5, 0.6) is 11.5 Å². The number of hydrogen-bond donors (Lipinski definition) is 0. The predicted molar refractivity (Wildman–Crippen MR) is 87.3 cm³/mol. The summed E-state index contributed by atoms with van der Waals surface area (Å²) in [6.45, 7) is 8.23. The van der Waals surface area contributed by atoms with Gasteiger partial charge in [0.05, 0.1) is 13.7 Å². The number of hydrogen-bond acceptors (Lipinski definition) is 3. The van der Waals surface area contributed by atoms with E-state index in [1.807, 2.05) is 24.3 Å². The summed E-state index contributed by atoms with van der Waals surface area (Å²) in [4.78, 5) is 2.55. The lowest BCUT2D eigenvalue weighted by Gasteiger charge is -2.26. The van der Waals surface area contributed by atoms with E-state index in [2.05, 4.69) is 11.5 Å². The van der Waals surface area contributed by atoms with Crippen molar-refractivity contribution in [1.29, 1.82) is 0 Å². The van der Waals surface area contributed by atoms with Crippen molar-refractivity contribution in [2.45, 2.75) is 32.1 Å². The molecule has 2 rings (SSSR count). The monoisotopic (exact) mass is 289 g/mol. The molecule has 1 heterocycles. The van der Waals surface area contributed by atoms with Crippen LogP contribution >= 0.6 is 0 Å². The quantitative estimate of drug-likeness (QED) is 0.538. The van der Waals surface area contributed by atoms with Gasteiger partial charge >= 0.3 is 0 Å². The zero-order chi connectivity index (χ0) is 14.9. The molecule has 0 spiro atoms. The molecule has 0 saturated carbocycles. The molecule has 21 heavy (non-hydrogen) atoms.